The maximum Gasteiger partial charge on any atom is 0.407 e. The van der Waals surface area contributed by atoms with Gasteiger partial charge in [-0.05, 0) is 52.8 Å². The Morgan fingerprint density at radius 2 is 1.05 bits per heavy atom. The zero-order valence-electron chi connectivity index (χ0n) is 37.3. The fourth-order valence-corrected chi connectivity index (χ4v) is 6.55. The van der Waals surface area contributed by atoms with Gasteiger partial charge in [0.15, 0.2) is 0 Å². The number of anilines is 1. The van der Waals surface area contributed by atoms with Gasteiger partial charge in [-0.25, -0.2) is 4.79 Å². The molecule has 1 aliphatic rings. The quantitative estimate of drug-likeness (QED) is 0.0552. The highest BCUT2D eigenvalue weighted by molar-refractivity contribution is 5.98. The third-order valence-electron chi connectivity index (χ3n) is 9.99. The van der Waals surface area contributed by atoms with E-state index in [1.54, 1.807) is 45.0 Å². The van der Waals surface area contributed by atoms with Gasteiger partial charge < -0.3 is 64.3 Å². The lowest BCUT2D eigenvalue weighted by Crippen LogP contribution is -2.53. The number of ether oxygens (including phenoxy) is 8. The summed E-state index contributed by atoms with van der Waals surface area (Å²) in [5.74, 6) is -1.42. The molecule has 1 aliphatic carbocycles. The van der Waals surface area contributed by atoms with E-state index in [0.717, 1.165) is 0 Å². The normalized spacial score (nSPS) is 12.9. The van der Waals surface area contributed by atoms with Crippen molar-refractivity contribution in [2.75, 3.05) is 111 Å². The number of alkyl carbamates (subject to hydrolysis) is 1. The molecule has 352 valence electrons. The number of benzene rings is 3. The van der Waals surface area contributed by atoms with Crippen LogP contribution in [0, 0.1) is 5.92 Å². The first-order valence-corrected chi connectivity index (χ1v) is 21.9. The van der Waals surface area contributed by atoms with Crippen LogP contribution in [0.3, 0.4) is 0 Å². The molecule has 0 fully saturated rings. The highest BCUT2D eigenvalue weighted by Crippen LogP contribution is 2.44. The molecule has 0 saturated carbocycles. The Balaban J connectivity index is 0.858. The lowest BCUT2D eigenvalue weighted by molar-refractivity contribution is -0.132. The molecule has 0 saturated heterocycles. The highest BCUT2D eigenvalue weighted by atomic mass is 16.6. The second-order valence-electron chi connectivity index (χ2n) is 15.2. The fourth-order valence-electron chi connectivity index (χ4n) is 6.55. The van der Waals surface area contributed by atoms with E-state index in [1.807, 2.05) is 24.3 Å². The molecule has 0 bridgehead atoms. The summed E-state index contributed by atoms with van der Waals surface area (Å²) in [6.07, 6.45) is -0.410. The van der Waals surface area contributed by atoms with E-state index in [4.69, 9.17) is 37.9 Å². The number of fused-ring (bicyclic) bond motifs is 3. The maximum absolute atomic E-state index is 12.9. The summed E-state index contributed by atoms with van der Waals surface area (Å²) in [7, 11) is 0. The monoisotopic (exact) mass is 894 g/mol. The standard InChI is InChI=1S/C47H66N4O13/c1-34(2)44(46(55)49-35(3)45(54)50-37-14-12-36(32-52)13-15-37)51-43(53)16-18-57-20-22-59-24-26-61-28-30-63-31-29-62-27-25-60-23-21-58-19-17-48-47(56)64-33-42-40-10-6-4-8-38(40)39-9-5-7-11-41(39)42/h4-15,34-35,42,44,52H,16-33H2,1-3H3,(H,48,56)(H,49,55)(H,50,54)(H,51,53)/t35-,44-/m0/s1. The van der Waals surface area contributed by atoms with Crippen LogP contribution in [0.15, 0.2) is 72.8 Å². The van der Waals surface area contributed by atoms with Crippen molar-refractivity contribution in [1.29, 1.82) is 0 Å². The summed E-state index contributed by atoms with van der Waals surface area (Å²) in [6.45, 7) is 11.0. The zero-order chi connectivity index (χ0) is 45.8. The van der Waals surface area contributed by atoms with E-state index in [9.17, 15) is 24.3 Å². The molecule has 3 aromatic carbocycles. The van der Waals surface area contributed by atoms with Crippen molar-refractivity contribution in [3.8, 4) is 11.1 Å². The molecule has 0 unspecified atom stereocenters. The summed E-state index contributed by atoms with van der Waals surface area (Å²) in [6, 6.07) is 21.5. The number of aliphatic hydroxyl groups excluding tert-OH is 1. The number of aliphatic hydroxyl groups is 1. The minimum Gasteiger partial charge on any atom is -0.449 e. The Hall–Kier alpha value is -4.98. The minimum absolute atomic E-state index is 0.0200. The van der Waals surface area contributed by atoms with Crippen molar-refractivity contribution >= 4 is 29.5 Å². The largest absolute Gasteiger partial charge is 0.449 e. The molecule has 64 heavy (non-hydrogen) atoms. The van der Waals surface area contributed by atoms with E-state index in [2.05, 4.69) is 45.5 Å². The fraction of sp³-hybridized carbons (Fsp3) is 0.532. The Morgan fingerprint density at radius 3 is 1.53 bits per heavy atom. The predicted octanol–water partition coefficient (Wildman–Crippen LogP) is 3.81. The van der Waals surface area contributed by atoms with Crippen LogP contribution in [0.4, 0.5) is 10.5 Å². The van der Waals surface area contributed by atoms with Crippen molar-refractivity contribution in [3.63, 3.8) is 0 Å². The van der Waals surface area contributed by atoms with Gasteiger partial charge in [-0.2, -0.15) is 0 Å². The summed E-state index contributed by atoms with van der Waals surface area (Å²) >= 11 is 0. The van der Waals surface area contributed by atoms with E-state index < -0.39 is 30.0 Å². The SMILES string of the molecule is CC(C)[C@H](NC(=O)CCOCCOCCOCCOCCOCCOCCOCCNC(=O)OCC1c2ccccc2-c2ccccc21)C(=O)N[C@@H](C)C(=O)Nc1ccc(CO)cc1. The Morgan fingerprint density at radius 1 is 0.578 bits per heavy atom. The summed E-state index contributed by atoms with van der Waals surface area (Å²) in [5, 5.41) is 20.0. The molecule has 0 aromatic heterocycles. The number of hydrogen-bond donors (Lipinski definition) is 5. The second kappa shape index (κ2) is 30.2. The molecular weight excluding hydrogens is 829 g/mol. The van der Waals surface area contributed by atoms with Crippen molar-refractivity contribution in [3.05, 3.63) is 89.5 Å². The van der Waals surface area contributed by atoms with E-state index in [0.29, 0.717) is 104 Å². The summed E-state index contributed by atoms with van der Waals surface area (Å²) < 4.78 is 44.1. The Bertz CT molecular complexity index is 1780. The lowest BCUT2D eigenvalue weighted by Gasteiger charge is -2.24. The third kappa shape index (κ3) is 19.0. The van der Waals surface area contributed by atoms with Gasteiger partial charge in [-0.3, -0.25) is 14.4 Å². The van der Waals surface area contributed by atoms with E-state index >= 15 is 0 Å². The van der Waals surface area contributed by atoms with Crippen LogP contribution in [0.5, 0.6) is 0 Å². The van der Waals surface area contributed by atoms with Crippen molar-refractivity contribution in [1.82, 2.24) is 16.0 Å². The number of carbonyl (C=O) groups is 4. The molecule has 5 N–H and O–H groups in total. The molecule has 17 nitrogen and oxygen atoms in total. The molecular formula is C47H66N4O13. The number of carbonyl (C=O) groups excluding carboxylic acids is 4. The summed E-state index contributed by atoms with van der Waals surface area (Å²) in [4.78, 5) is 50.3. The van der Waals surface area contributed by atoms with Gasteiger partial charge in [-0.1, -0.05) is 74.5 Å². The third-order valence-corrected chi connectivity index (χ3v) is 9.99. The van der Waals surface area contributed by atoms with Crippen LogP contribution in [0.2, 0.25) is 0 Å². The van der Waals surface area contributed by atoms with Crippen molar-refractivity contribution in [2.45, 2.75) is 51.8 Å². The first-order chi connectivity index (χ1) is 31.2. The lowest BCUT2D eigenvalue weighted by atomic mass is 9.98. The van der Waals surface area contributed by atoms with E-state index in [1.165, 1.54) is 22.3 Å². The van der Waals surface area contributed by atoms with Crippen molar-refractivity contribution < 1.29 is 62.2 Å². The van der Waals surface area contributed by atoms with Gasteiger partial charge in [0.25, 0.3) is 0 Å². The van der Waals surface area contributed by atoms with Crippen LogP contribution in [0.1, 0.15) is 49.8 Å². The van der Waals surface area contributed by atoms with Crippen LogP contribution in [0.25, 0.3) is 11.1 Å². The number of nitrogens with one attached hydrogen (secondary N) is 4. The first-order valence-electron chi connectivity index (χ1n) is 21.9. The molecule has 2 atom stereocenters. The van der Waals surface area contributed by atoms with Crippen LogP contribution < -0.4 is 21.3 Å². The molecule has 0 radical (unpaired) electrons. The highest BCUT2D eigenvalue weighted by Gasteiger charge is 2.29. The molecule has 4 rings (SSSR count). The minimum atomic E-state index is -0.844. The van der Waals surface area contributed by atoms with Gasteiger partial charge in [-0.15, -0.1) is 0 Å². The van der Waals surface area contributed by atoms with Gasteiger partial charge in [0.1, 0.15) is 18.7 Å². The van der Waals surface area contributed by atoms with Gasteiger partial charge >= 0.3 is 6.09 Å². The van der Waals surface area contributed by atoms with Crippen LogP contribution >= 0.6 is 0 Å². The average molecular weight is 895 g/mol. The summed E-state index contributed by atoms with van der Waals surface area (Å²) in [5.41, 5.74) is 5.97. The molecule has 0 aliphatic heterocycles. The van der Waals surface area contributed by atoms with Crippen LogP contribution in [-0.4, -0.2) is 147 Å². The van der Waals surface area contributed by atoms with Gasteiger partial charge in [0, 0.05) is 24.6 Å². The molecule has 17 heteroatoms. The molecule has 0 spiro atoms. The van der Waals surface area contributed by atoms with Gasteiger partial charge in [0.05, 0.1) is 99.1 Å². The maximum atomic E-state index is 12.9. The number of hydrogen-bond acceptors (Lipinski definition) is 13. The first kappa shape index (κ1) is 51.7. The van der Waals surface area contributed by atoms with E-state index in [-0.39, 0.29) is 44.0 Å². The van der Waals surface area contributed by atoms with Gasteiger partial charge in [0.2, 0.25) is 17.7 Å². The smallest absolute Gasteiger partial charge is 0.407 e. The zero-order valence-corrected chi connectivity index (χ0v) is 37.3. The molecule has 4 amide bonds. The predicted molar refractivity (Wildman–Crippen MR) is 239 cm³/mol. The second-order valence-corrected chi connectivity index (χ2v) is 15.2. The van der Waals surface area contributed by atoms with Crippen molar-refractivity contribution in [2.24, 2.45) is 5.92 Å². The average Bonchev–Trinajstić information content (AvgIpc) is 3.62. The Kier molecular flexibility index (Phi) is 24.4. The Labute approximate surface area is 376 Å². The van der Waals surface area contributed by atoms with Crippen LogP contribution in [-0.2, 0) is 58.9 Å². The topological polar surface area (TPSA) is 210 Å². The molecule has 3 aromatic rings. The molecule has 0 heterocycles. The number of amides is 4. The number of rotatable bonds is 33.